The third-order valence-corrected chi connectivity index (χ3v) is 5.06. The summed E-state index contributed by atoms with van der Waals surface area (Å²) in [6, 6.07) is 16.7. The number of nitrogens with one attached hydrogen (secondary N) is 2. The van der Waals surface area contributed by atoms with Crippen LogP contribution in [0, 0.1) is 6.92 Å². The molecule has 0 saturated carbocycles. The van der Waals surface area contributed by atoms with Gasteiger partial charge in [0.25, 0.3) is 11.8 Å². The highest BCUT2D eigenvalue weighted by Crippen LogP contribution is 2.28. The summed E-state index contributed by atoms with van der Waals surface area (Å²) in [4.78, 5) is 28.9. The molecule has 1 heterocycles. The molecule has 0 saturated heterocycles. The third-order valence-electron chi connectivity index (χ3n) is 5.06. The van der Waals surface area contributed by atoms with Crippen LogP contribution < -0.4 is 15.4 Å². The Labute approximate surface area is 189 Å². The van der Waals surface area contributed by atoms with Crippen LogP contribution in [0.5, 0.6) is 5.75 Å². The number of carbonyl (C=O) groups is 2. The van der Waals surface area contributed by atoms with Crippen LogP contribution in [-0.2, 0) is 11.3 Å². The highest BCUT2D eigenvalue weighted by molar-refractivity contribution is 6.04. The normalized spacial score (nSPS) is 11.7. The number of pyridine rings is 1. The Bertz CT molecular complexity index is 1080. The van der Waals surface area contributed by atoms with Crippen LogP contribution in [0.3, 0.4) is 0 Å². The Morgan fingerprint density at radius 1 is 1.00 bits per heavy atom. The first-order chi connectivity index (χ1) is 15.3. The molecule has 0 aliphatic heterocycles. The van der Waals surface area contributed by atoms with Gasteiger partial charge in [-0.15, -0.1) is 0 Å². The number of benzene rings is 2. The van der Waals surface area contributed by atoms with E-state index in [0.717, 1.165) is 22.4 Å². The smallest absolute Gasteiger partial charge is 0.261 e. The molecule has 2 amide bonds. The first-order valence-corrected chi connectivity index (χ1v) is 10.7. The molecule has 166 valence electrons. The van der Waals surface area contributed by atoms with Crippen molar-refractivity contribution in [3.63, 3.8) is 0 Å². The summed E-state index contributed by atoms with van der Waals surface area (Å²) in [6.45, 7) is 8.27. The lowest BCUT2D eigenvalue weighted by Crippen LogP contribution is -2.36. The second kappa shape index (κ2) is 10.6. The van der Waals surface area contributed by atoms with Gasteiger partial charge in [-0.2, -0.15) is 0 Å². The number of amides is 2. The molecule has 0 radical (unpaired) electrons. The first-order valence-electron chi connectivity index (χ1n) is 10.7. The maximum absolute atomic E-state index is 12.6. The summed E-state index contributed by atoms with van der Waals surface area (Å²) in [5.74, 6) is 0.622. The monoisotopic (exact) mass is 431 g/mol. The van der Waals surface area contributed by atoms with Gasteiger partial charge in [-0.05, 0) is 66.8 Å². The number of hydrogen-bond donors (Lipinski definition) is 2. The predicted molar refractivity (Wildman–Crippen MR) is 126 cm³/mol. The molecule has 1 unspecified atom stereocenters. The van der Waals surface area contributed by atoms with E-state index in [1.807, 2.05) is 43.3 Å². The molecule has 2 N–H and O–H groups in total. The Kier molecular flexibility index (Phi) is 7.60. The SMILES string of the molecule is Cc1ccc(C(C)C)c(OC(C)C(=O)NCc2cccc(NC(=O)c3ccncc3)c2)c1. The highest BCUT2D eigenvalue weighted by atomic mass is 16.5. The van der Waals surface area contributed by atoms with E-state index in [-0.39, 0.29) is 11.8 Å². The van der Waals surface area contributed by atoms with E-state index in [4.69, 9.17) is 4.74 Å². The highest BCUT2D eigenvalue weighted by Gasteiger charge is 2.17. The van der Waals surface area contributed by atoms with E-state index < -0.39 is 6.10 Å². The van der Waals surface area contributed by atoms with E-state index in [2.05, 4.69) is 29.5 Å². The van der Waals surface area contributed by atoms with Crippen LogP contribution in [0.15, 0.2) is 67.0 Å². The van der Waals surface area contributed by atoms with Gasteiger partial charge in [-0.1, -0.05) is 38.1 Å². The fraction of sp³-hybridized carbons (Fsp3) is 0.269. The van der Waals surface area contributed by atoms with Crippen molar-refractivity contribution in [2.24, 2.45) is 0 Å². The van der Waals surface area contributed by atoms with Gasteiger partial charge in [0.2, 0.25) is 0 Å². The molecule has 0 bridgehead atoms. The molecule has 2 aromatic carbocycles. The van der Waals surface area contributed by atoms with Crippen LogP contribution in [0.25, 0.3) is 0 Å². The zero-order chi connectivity index (χ0) is 23.1. The molecule has 3 aromatic rings. The summed E-state index contributed by atoms with van der Waals surface area (Å²) in [7, 11) is 0. The Balaban J connectivity index is 1.58. The minimum absolute atomic E-state index is 0.201. The number of nitrogens with zero attached hydrogens (tertiary/aromatic N) is 1. The molecule has 1 aromatic heterocycles. The maximum atomic E-state index is 12.6. The zero-order valence-electron chi connectivity index (χ0n) is 18.9. The summed E-state index contributed by atoms with van der Waals surface area (Å²) in [6.07, 6.45) is 2.51. The Morgan fingerprint density at radius 3 is 2.47 bits per heavy atom. The Morgan fingerprint density at radius 2 is 1.75 bits per heavy atom. The summed E-state index contributed by atoms with van der Waals surface area (Å²) >= 11 is 0. The van der Waals surface area contributed by atoms with Crippen LogP contribution in [-0.4, -0.2) is 22.9 Å². The summed E-state index contributed by atoms with van der Waals surface area (Å²) < 4.78 is 5.99. The lowest BCUT2D eigenvalue weighted by Gasteiger charge is -2.19. The van der Waals surface area contributed by atoms with E-state index in [1.54, 1.807) is 37.5 Å². The van der Waals surface area contributed by atoms with Crippen molar-refractivity contribution in [1.82, 2.24) is 10.3 Å². The zero-order valence-corrected chi connectivity index (χ0v) is 18.9. The third kappa shape index (κ3) is 6.17. The van der Waals surface area contributed by atoms with Gasteiger partial charge in [-0.25, -0.2) is 0 Å². The van der Waals surface area contributed by atoms with Gasteiger partial charge in [0, 0.05) is 30.2 Å². The molecule has 32 heavy (non-hydrogen) atoms. The van der Waals surface area contributed by atoms with Gasteiger partial charge < -0.3 is 15.4 Å². The number of rotatable bonds is 8. The van der Waals surface area contributed by atoms with Crippen molar-refractivity contribution in [1.29, 1.82) is 0 Å². The molecule has 0 spiro atoms. The number of hydrogen-bond acceptors (Lipinski definition) is 4. The summed E-state index contributed by atoms with van der Waals surface area (Å²) in [5.41, 5.74) is 4.22. The Hall–Kier alpha value is -3.67. The van der Waals surface area contributed by atoms with Crippen molar-refractivity contribution < 1.29 is 14.3 Å². The molecule has 6 heteroatoms. The van der Waals surface area contributed by atoms with Gasteiger partial charge in [0.05, 0.1) is 0 Å². The number of ether oxygens (including phenoxy) is 1. The molecular weight excluding hydrogens is 402 g/mol. The largest absolute Gasteiger partial charge is 0.481 e. The lowest BCUT2D eigenvalue weighted by atomic mass is 10.0. The van der Waals surface area contributed by atoms with Crippen LogP contribution in [0.4, 0.5) is 5.69 Å². The van der Waals surface area contributed by atoms with E-state index in [0.29, 0.717) is 23.7 Å². The molecule has 0 aliphatic rings. The average Bonchev–Trinajstić information content (AvgIpc) is 2.78. The number of anilines is 1. The van der Waals surface area contributed by atoms with Crippen LogP contribution >= 0.6 is 0 Å². The topological polar surface area (TPSA) is 80.3 Å². The van der Waals surface area contributed by atoms with Crippen molar-refractivity contribution >= 4 is 17.5 Å². The summed E-state index contributed by atoms with van der Waals surface area (Å²) in [5, 5.41) is 5.77. The maximum Gasteiger partial charge on any atom is 0.261 e. The van der Waals surface area contributed by atoms with Gasteiger partial charge in [-0.3, -0.25) is 14.6 Å². The van der Waals surface area contributed by atoms with Gasteiger partial charge in [0.1, 0.15) is 5.75 Å². The number of aromatic nitrogens is 1. The van der Waals surface area contributed by atoms with Crippen LogP contribution in [0.1, 0.15) is 53.7 Å². The van der Waals surface area contributed by atoms with Gasteiger partial charge >= 0.3 is 0 Å². The van der Waals surface area contributed by atoms with Crippen molar-refractivity contribution in [3.05, 3.63) is 89.2 Å². The second-order valence-corrected chi connectivity index (χ2v) is 8.06. The van der Waals surface area contributed by atoms with Crippen LogP contribution in [0.2, 0.25) is 0 Å². The van der Waals surface area contributed by atoms with Gasteiger partial charge in [0.15, 0.2) is 6.10 Å². The molecule has 1 atom stereocenters. The van der Waals surface area contributed by atoms with E-state index >= 15 is 0 Å². The average molecular weight is 432 g/mol. The minimum Gasteiger partial charge on any atom is -0.481 e. The van der Waals surface area contributed by atoms with E-state index in [1.165, 1.54) is 0 Å². The number of carbonyl (C=O) groups excluding carboxylic acids is 2. The molecule has 0 aliphatic carbocycles. The van der Waals surface area contributed by atoms with Crippen molar-refractivity contribution in [3.8, 4) is 5.75 Å². The second-order valence-electron chi connectivity index (χ2n) is 8.06. The molecule has 6 nitrogen and oxygen atoms in total. The fourth-order valence-corrected chi connectivity index (χ4v) is 3.26. The minimum atomic E-state index is -0.635. The van der Waals surface area contributed by atoms with Crippen molar-refractivity contribution in [2.45, 2.75) is 46.3 Å². The molecule has 0 fully saturated rings. The number of aryl methyl sites for hydroxylation is 1. The van der Waals surface area contributed by atoms with Crippen molar-refractivity contribution in [2.75, 3.05) is 5.32 Å². The predicted octanol–water partition coefficient (Wildman–Crippen LogP) is 4.85. The lowest BCUT2D eigenvalue weighted by molar-refractivity contribution is -0.127. The van der Waals surface area contributed by atoms with E-state index in [9.17, 15) is 9.59 Å². The first kappa shape index (κ1) is 23.0. The standard InChI is InChI=1S/C26H29N3O3/c1-17(2)23-9-8-18(3)14-24(23)32-19(4)25(30)28-16-20-6-5-7-22(15-20)29-26(31)21-10-12-27-13-11-21/h5-15,17,19H,16H2,1-4H3,(H,28,30)(H,29,31). The molecular formula is C26H29N3O3. The quantitative estimate of drug-likeness (QED) is 0.534. The fourth-order valence-electron chi connectivity index (χ4n) is 3.26. The molecule has 3 rings (SSSR count).